The predicted octanol–water partition coefficient (Wildman–Crippen LogP) is 2.94. The molecule has 104 valence electrons. The van der Waals surface area contributed by atoms with Crippen LogP contribution in [0.4, 0.5) is 11.5 Å². The standard InChI is InChI=1S/C16H18N2O2/c1-12-7-8-16(17-9-12)18-10-13(11-19-2)20-15-6-4-3-5-14(15)18/h3-9,13H,10-11H2,1-2H3. The number of aryl methyl sites for hydroxylation is 1. The lowest BCUT2D eigenvalue weighted by Gasteiger charge is -2.35. The Hall–Kier alpha value is -2.07. The molecule has 4 nitrogen and oxygen atoms in total. The number of aromatic nitrogens is 1. The second-order valence-electron chi connectivity index (χ2n) is 4.97. The lowest BCUT2D eigenvalue weighted by Crippen LogP contribution is -2.40. The number of anilines is 2. The fourth-order valence-electron chi connectivity index (χ4n) is 2.41. The van der Waals surface area contributed by atoms with E-state index in [1.165, 1.54) is 0 Å². The molecule has 20 heavy (non-hydrogen) atoms. The number of hydrogen-bond donors (Lipinski definition) is 0. The molecule has 3 rings (SSSR count). The van der Waals surface area contributed by atoms with E-state index in [-0.39, 0.29) is 6.10 Å². The van der Waals surface area contributed by atoms with Gasteiger partial charge in [0.25, 0.3) is 0 Å². The monoisotopic (exact) mass is 270 g/mol. The van der Waals surface area contributed by atoms with E-state index in [0.717, 1.165) is 29.4 Å². The molecule has 0 spiro atoms. The largest absolute Gasteiger partial charge is 0.484 e. The van der Waals surface area contributed by atoms with Gasteiger partial charge in [-0.25, -0.2) is 4.98 Å². The summed E-state index contributed by atoms with van der Waals surface area (Å²) in [6.45, 7) is 3.34. The van der Waals surface area contributed by atoms with Gasteiger partial charge in [-0.05, 0) is 30.7 Å². The minimum atomic E-state index is 0.0120. The summed E-state index contributed by atoms with van der Waals surface area (Å²) < 4.78 is 11.2. The van der Waals surface area contributed by atoms with Gasteiger partial charge >= 0.3 is 0 Å². The van der Waals surface area contributed by atoms with Crippen LogP contribution < -0.4 is 9.64 Å². The maximum atomic E-state index is 5.95. The number of nitrogens with zero attached hydrogens (tertiary/aromatic N) is 2. The second kappa shape index (κ2) is 5.51. The maximum Gasteiger partial charge on any atom is 0.143 e. The van der Waals surface area contributed by atoms with Crippen molar-refractivity contribution >= 4 is 11.5 Å². The van der Waals surface area contributed by atoms with Crippen molar-refractivity contribution in [1.82, 2.24) is 4.98 Å². The molecule has 1 aliphatic heterocycles. The number of pyridine rings is 1. The van der Waals surface area contributed by atoms with Gasteiger partial charge in [-0.15, -0.1) is 0 Å². The summed E-state index contributed by atoms with van der Waals surface area (Å²) in [5.74, 6) is 1.82. The highest BCUT2D eigenvalue weighted by Crippen LogP contribution is 2.37. The Morgan fingerprint density at radius 3 is 2.90 bits per heavy atom. The number of para-hydroxylation sites is 2. The summed E-state index contributed by atoms with van der Waals surface area (Å²) in [5.41, 5.74) is 2.21. The second-order valence-corrected chi connectivity index (χ2v) is 4.97. The molecule has 1 aromatic heterocycles. The number of rotatable bonds is 3. The number of methoxy groups -OCH3 is 1. The Morgan fingerprint density at radius 2 is 2.15 bits per heavy atom. The molecule has 1 aliphatic rings. The first-order chi connectivity index (χ1) is 9.78. The number of fused-ring (bicyclic) bond motifs is 1. The zero-order chi connectivity index (χ0) is 13.9. The average Bonchev–Trinajstić information content (AvgIpc) is 2.48. The van der Waals surface area contributed by atoms with E-state index < -0.39 is 0 Å². The maximum absolute atomic E-state index is 5.95. The summed E-state index contributed by atoms with van der Waals surface area (Å²) in [5, 5.41) is 0. The first-order valence-electron chi connectivity index (χ1n) is 6.73. The van der Waals surface area contributed by atoms with Gasteiger partial charge in [0.1, 0.15) is 17.7 Å². The third kappa shape index (κ3) is 2.47. The third-order valence-corrected chi connectivity index (χ3v) is 3.36. The highest BCUT2D eigenvalue weighted by molar-refractivity contribution is 5.68. The fourth-order valence-corrected chi connectivity index (χ4v) is 2.41. The SMILES string of the molecule is COCC1CN(c2ccc(C)cn2)c2ccccc2O1. The van der Waals surface area contributed by atoms with E-state index in [4.69, 9.17) is 9.47 Å². The molecule has 2 aromatic rings. The highest BCUT2D eigenvalue weighted by Gasteiger charge is 2.26. The van der Waals surface area contributed by atoms with Gasteiger partial charge in [0, 0.05) is 13.3 Å². The van der Waals surface area contributed by atoms with Crippen LogP contribution in [0, 0.1) is 6.92 Å². The molecule has 0 bridgehead atoms. The Kier molecular flexibility index (Phi) is 3.56. The number of benzene rings is 1. The van der Waals surface area contributed by atoms with Gasteiger partial charge < -0.3 is 14.4 Å². The fraction of sp³-hybridized carbons (Fsp3) is 0.312. The molecule has 1 aromatic carbocycles. The molecule has 1 unspecified atom stereocenters. The van der Waals surface area contributed by atoms with Crippen LogP contribution in [0.1, 0.15) is 5.56 Å². The number of ether oxygens (including phenoxy) is 2. The van der Waals surface area contributed by atoms with Crippen molar-refractivity contribution in [1.29, 1.82) is 0 Å². The third-order valence-electron chi connectivity index (χ3n) is 3.36. The van der Waals surface area contributed by atoms with Crippen molar-refractivity contribution in [2.45, 2.75) is 13.0 Å². The van der Waals surface area contributed by atoms with Crippen LogP contribution in [-0.4, -0.2) is 31.3 Å². The smallest absolute Gasteiger partial charge is 0.143 e. The van der Waals surface area contributed by atoms with E-state index >= 15 is 0 Å². The van der Waals surface area contributed by atoms with Gasteiger partial charge in [0.2, 0.25) is 0 Å². The molecule has 0 aliphatic carbocycles. The molecule has 2 heterocycles. The number of hydrogen-bond acceptors (Lipinski definition) is 4. The van der Waals surface area contributed by atoms with Gasteiger partial charge in [0.05, 0.1) is 18.8 Å². The van der Waals surface area contributed by atoms with E-state index in [0.29, 0.717) is 6.61 Å². The van der Waals surface area contributed by atoms with Crippen LogP contribution in [0.25, 0.3) is 0 Å². The van der Waals surface area contributed by atoms with Crippen LogP contribution in [0.2, 0.25) is 0 Å². The molecule has 0 N–H and O–H groups in total. The molecule has 1 atom stereocenters. The van der Waals surface area contributed by atoms with Crippen molar-refractivity contribution in [2.75, 3.05) is 25.2 Å². The van der Waals surface area contributed by atoms with E-state index in [2.05, 4.69) is 22.0 Å². The molecule has 0 amide bonds. The van der Waals surface area contributed by atoms with Crippen molar-refractivity contribution in [2.24, 2.45) is 0 Å². The van der Waals surface area contributed by atoms with Crippen LogP contribution in [0.5, 0.6) is 5.75 Å². The van der Waals surface area contributed by atoms with Crippen LogP contribution in [0.3, 0.4) is 0 Å². The van der Waals surface area contributed by atoms with E-state index in [1.807, 2.05) is 37.4 Å². The lowest BCUT2D eigenvalue weighted by atomic mass is 10.2. The van der Waals surface area contributed by atoms with Crippen molar-refractivity contribution < 1.29 is 9.47 Å². The molecule has 0 saturated heterocycles. The quantitative estimate of drug-likeness (QED) is 0.859. The van der Waals surface area contributed by atoms with Gasteiger partial charge in [0.15, 0.2) is 0 Å². The van der Waals surface area contributed by atoms with Gasteiger partial charge in [-0.3, -0.25) is 0 Å². The molecular weight excluding hydrogens is 252 g/mol. The average molecular weight is 270 g/mol. The first-order valence-corrected chi connectivity index (χ1v) is 6.73. The van der Waals surface area contributed by atoms with Crippen molar-refractivity contribution in [3.8, 4) is 5.75 Å². The van der Waals surface area contributed by atoms with E-state index in [1.54, 1.807) is 7.11 Å². The van der Waals surface area contributed by atoms with Crippen LogP contribution in [-0.2, 0) is 4.74 Å². The Balaban J connectivity index is 1.98. The molecule has 0 saturated carbocycles. The topological polar surface area (TPSA) is 34.6 Å². The zero-order valence-corrected chi connectivity index (χ0v) is 11.7. The van der Waals surface area contributed by atoms with Crippen LogP contribution >= 0.6 is 0 Å². The predicted molar refractivity (Wildman–Crippen MR) is 78.7 cm³/mol. The highest BCUT2D eigenvalue weighted by atomic mass is 16.5. The Morgan fingerprint density at radius 1 is 1.30 bits per heavy atom. The summed E-state index contributed by atoms with van der Waals surface area (Å²) in [7, 11) is 1.69. The summed E-state index contributed by atoms with van der Waals surface area (Å²) in [6, 6.07) is 12.2. The van der Waals surface area contributed by atoms with Crippen LogP contribution in [0.15, 0.2) is 42.6 Å². The zero-order valence-electron chi connectivity index (χ0n) is 11.7. The van der Waals surface area contributed by atoms with Crippen molar-refractivity contribution in [3.63, 3.8) is 0 Å². The lowest BCUT2D eigenvalue weighted by molar-refractivity contribution is 0.0810. The van der Waals surface area contributed by atoms with Gasteiger partial charge in [-0.2, -0.15) is 0 Å². The molecule has 0 radical (unpaired) electrons. The normalized spacial score (nSPS) is 17.5. The Bertz CT molecular complexity index is 583. The first kappa shape index (κ1) is 12.9. The summed E-state index contributed by atoms with van der Waals surface area (Å²) in [6.07, 6.45) is 1.90. The Labute approximate surface area is 119 Å². The van der Waals surface area contributed by atoms with Crippen molar-refractivity contribution in [3.05, 3.63) is 48.2 Å². The molecule has 0 fully saturated rings. The summed E-state index contributed by atoms with van der Waals surface area (Å²) >= 11 is 0. The molecular formula is C16H18N2O2. The minimum absolute atomic E-state index is 0.0120. The van der Waals surface area contributed by atoms with Gasteiger partial charge in [-0.1, -0.05) is 18.2 Å². The summed E-state index contributed by atoms with van der Waals surface area (Å²) in [4.78, 5) is 6.71. The van der Waals surface area contributed by atoms with E-state index in [9.17, 15) is 0 Å². The minimum Gasteiger partial charge on any atom is -0.484 e. The molecule has 4 heteroatoms.